The number of rotatable bonds is 7. The number of aromatic amines is 1. The maximum absolute atomic E-state index is 11.9. The Morgan fingerprint density at radius 2 is 1.93 bits per heavy atom. The fourth-order valence-corrected chi connectivity index (χ4v) is 2.38. The number of hydrogen-bond donors (Lipinski definition) is 3. The number of carbonyl (C=O) groups excluding carboxylic acids is 1. The minimum absolute atomic E-state index is 0.0486. The lowest BCUT2D eigenvalue weighted by atomic mass is 10.2. The number of aliphatic imine (C=N–C) groups is 1. The lowest BCUT2D eigenvalue weighted by Gasteiger charge is -2.04. The molecule has 4 N–H and O–H groups in total. The Morgan fingerprint density at radius 1 is 1.25 bits per heavy atom. The van der Waals surface area contributed by atoms with Crippen LogP contribution in [0.2, 0.25) is 0 Å². The summed E-state index contributed by atoms with van der Waals surface area (Å²) in [5, 5.41) is 20.3. The summed E-state index contributed by atoms with van der Waals surface area (Å²) < 4.78 is 5.10. The van der Waals surface area contributed by atoms with Gasteiger partial charge in [0.2, 0.25) is 0 Å². The van der Waals surface area contributed by atoms with Gasteiger partial charge in [0.25, 0.3) is 11.6 Å². The van der Waals surface area contributed by atoms with Gasteiger partial charge >= 0.3 is 0 Å². The molecule has 0 saturated heterocycles. The molecule has 0 radical (unpaired) electrons. The molecular weight excluding hydrogens is 364 g/mol. The first kappa shape index (κ1) is 18.6. The molecule has 0 unspecified atom stereocenters. The number of nitro benzene ring substituents is 1. The second-order valence-electron chi connectivity index (χ2n) is 5.62. The molecule has 0 aliphatic rings. The van der Waals surface area contributed by atoms with E-state index in [1.54, 1.807) is 37.6 Å². The Balaban J connectivity index is 1.83. The number of amides is 1. The smallest absolute Gasteiger partial charge is 0.269 e. The molecule has 0 aliphatic heterocycles. The summed E-state index contributed by atoms with van der Waals surface area (Å²) in [5.74, 6) is 0.349. The van der Waals surface area contributed by atoms with E-state index in [4.69, 9.17) is 10.5 Å². The van der Waals surface area contributed by atoms with E-state index < -0.39 is 10.8 Å². The van der Waals surface area contributed by atoms with Gasteiger partial charge in [-0.05, 0) is 42.0 Å². The van der Waals surface area contributed by atoms with E-state index in [1.165, 1.54) is 24.3 Å². The second kappa shape index (κ2) is 7.99. The third-order valence-corrected chi connectivity index (χ3v) is 3.79. The highest BCUT2D eigenvalue weighted by molar-refractivity contribution is 6.03. The second-order valence-corrected chi connectivity index (χ2v) is 5.62. The summed E-state index contributed by atoms with van der Waals surface area (Å²) in [5.41, 5.74) is 6.78. The van der Waals surface area contributed by atoms with E-state index in [-0.39, 0.29) is 22.9 Å². The van der Waals surface area contributed by atoms with Crippen LogP contribution in [0.15, 0.2) is 53.5 Å². The Hall–Kier alpha value is -4.21. The Morgan fingerprint density at radius 3 is 2.50 bits per heavy atom. The molecule has 10 heteroatoms. The number of ether oxygens (including phenoxy) is 1. The lowest BCUT2D eigenvalue weighted by molar-refractivity contribution is -0.384. The fraction of sp³-hybridized carbons (Fsp3) is 0.0556. The molecule has 2 aromatic carbocycles. The van der Waals surface area contributed by atoms with E-state index in [9.17, 15) is 14.9 Å². The molecule has 0 spiro atoms. The van der Waals surface area contributed by atoms with Crippen LogP contribution < -0.4 is 15.8 Å². The molecule has 3 rings (SSSR count). The number of aromatic nitrogens is 2. The molecular formula is C18H16N6O4. The zero-order valence-corrected chi connectivity index (χ0v) is 14.7. The minimum Gasteiger partial charge on any atom is -0.497 e. The molecule has 0 atom stereocenters. The van der Waals surface area contributed by atoms with Crippen molar-refractivity contribution in [2.24, 2.45) is 10.7 Å². The topological polar surface area (TPSA) is 149 Å². The number of methoxy groups -OCH3 is 1. The van der Waals surface area contributed by atoms with Gasteiger partial charge in [0, 0.05) is 24.0 Å². The Labute approximate surface area is 159 Å². The molecule has 3 aromatic rings. The fourth-order valence-electron chi connectivity index (χ4n) is 2.38. The molecule has 1 aromatic heterocycles. The highest BCUT2D eigenvalue weighted by Gasteiger charge is 2.18. The number of non-ortho nitro benzene ring substituents is 1. The maximum Gasteiger partial charge on any atom is 0.269 e. The van der Waals surface area contributed by atoms with Crippen molar-refractivity contribution in [3.63, 3.8) is 0 Å². The van der Waals surface area contributed by atoms with E-state index in [2.05, 4.69) is 20.5 Å². The van der Waals surface area contributed by atoms with Crippen molar-refractivity contribution in [3.05, 3.63) is 69.8 Å². The van der Waals surface area contributed by atoms with Crippen LogP contribution in [-0.4, -0.2) is 34.4 Å². The SMILES string of the molecule is COc1ccc(/C=N/c2[nH]nc(Nc3ccc([N+](=O)[O-])cc3)c2C(N)=O)cc1. The molecule has 142 valence electrons. The lowest BCUT2D eigenvalue weighted by Crippen LogP contribution is -2.12. The van der Waals surface area contributed by atoms with Gasteiger partial charge in [0.15, 0.2) is 11.6 Å². The molecule has 0 bridgehead atoms. The van der Waals surface area contributed by atoms with Crippen LogP contribution in [-0.2, 0) is 0 Å². The molecule has 0 aliphatic carbocycles. The largest absolute Gasteiger partial charge is 0.497 e. The van der Waals surface area contributed by atoms with Crippen molar-refractivity contribution in [2.75, 3.05) is 12.4 Å². The van der Waals surface area contributed by atoms with Crippen LogP contribution in [0.1, 0.15) is 15.9 Å². The number of H-pyrrole nitrogens is 1. The van der Waals surface area contributed by atoms with Crippen LogP contribution in [0.5, 0.6) is 5.75 Å². The molecule has 10 nitrogen and oxygen atoms in total. The van der Waals surface area contributed by atoms with Gasteiger partial charge in [-0.1, -0.05) is 0 Å². The number of primary amides is 1. The first-order chi connectivity index (χ1) is 13.5. The average Bonchev–Trinajstić information content (AvgIpc) is 3.10. The zero-order chi connectivity index (χ0) is 20.1. The number of nitrogens with one attached hydrogen (secondary N) is 2. The summed E-state index contributed by atoms with van der Waals surface area (Å²) in [7, 11) is 1.58. The monoisotopic (exact) mass is 380 g/mol. The molecule has 1 amide bonds. The normalized spacial score (nSPS) is 10.8. The third kappa shape index (κ3) is 4.12. The Bertz CT molecular complexity index is 1030. The van der Waals surface area contributed by atoms with Crippen LogP contribution in [0.3, 0.4) is 0 Å². The summed E-state index contributed by atoms with van der Waals surface area (Å²) >= 11 is 0. The molecule has 28 heavy (non-hydrogen) atoms. The molecule has 0 saturated carbocycles. The van der Waals surface area contributed by atoms with E-state index in [0.717, 1.165) is 5.56 Å². The predicted octanol–water partition coefficient (Wildman–Crippen LogP) is 2.92. The summed E-state index contributed by atoms with van der Waals surface area (Å²) in [6.07, 6.45) is 1.55. The minimum atomic E-state index is -0.722. The predicted molar refractivity (Wildman–Crippen MR) is 104 cm³/mol. The van der Waals surface area contributed by atoms with E-state index in [1.807, 2.05) is 0 Å². The van der Waals surface area contributed by atoms with Gasteiger partial charge < -0.3 is 15.8 Å². The standard InChI is InChI=1S/C18H16N6O4/c1-28-14-8-2-11(3-9-14)10-20-17-15(16(19)25)18(23-22-17)21-12-4-6-13(7-5-12)24(26)27/h2-10H,1H3,(H2,19,25)(H2,21,22,23)/b20-10+. The van der Waals surface area contributed by atoms with Crippen molar-refractivity contribution >= 4 is 35.1 Å². The van der Waals surface area contributed by atoms with Crippen molar-refractivity contribution in [3.8, 4) is 5.75 Å². The number of carbonyl (C=O) groups is 1. The van der Waals surface area contributed by atoms with Crippen molar-refractivity contribution in [2.45, 2.75) is 0 Å². The van der Waals surface area contributed by atoms with Gasteiger partial charge in [0.05, 0.1) is 12.0 Å². The van der Waals surface area contributed by atoms with Crippen molar-refractivity contribution in [1.82, 2.24) is 10.2 Å². The van der Waals surface area contributed by atoms with Gasteiger partial charge in [-0.15, -0.1) is 0 Å². The Kier molecular flexibility index (Phi) is 5.30. The summed E-state index contributed by atoms with van der Waals surface area (Å²) in [6.45, 7) is 0. The van der Waals surface area contributed by atoms with E-state index >= 15 is 0 Å². The van der Waals surface area contributed by atoms with Gasteiger partial charge in [-0.25, -0.2) is 4.99 Å². The maximum atomic E-state index is 11.9. The number of anilines is 2. The van der Waals surface area contributed by atoms with Crippen molar-refractivity contribution < 1.29 is 14.5 Å². The number of nitrogens with two attached hydrogens (primary N) is 1. The van der Waals surface area contributed by atoms with Crippen LogP contribution >= 0.6 is 0 Å². The van der Waals surface area contributed by atoms with Crippen molar-refractivity contribution in [1.29, 1.82) is 0 Å². The first-order valence-corrected chi connectivity index (χ1v) is 8.05. The zero-order valence-electron chi connectivity index (χ0n) is 14.7. The number of nitrogens with zero attached hydrogens (tertiary/aromatic N) is 3. The highest BCUT2D eigenvalue weighted by Crippen LogP contribution is 2.27. The van der Waals surface area contributed by atoms with Gasteiger partial charge in [-0.2, -0.15) is 5.10 Å². The van der Waals surface area contributed by atoms with Crippen LogP contribution in [0.25, 0.3) is 0 Å². The number of hydrogen-bond acceptors (Lipinski definition) is 7. The highest BCUT2D eigenvalue weighted by atomic mass is 16.6. The summed E-state index contributed by atoms with van der Waals surface area (Å²) in [4.78, 5) is 26.3. The quantitative estimate of drug-likeness (QED) is 0.326. The van der Waals surface area contributed by atoms with Crippen LogP contribution in [0.4, 0.5) is 23.0 Å². The van der Waals surface area contributed by atoms with Gasteiger partial charge in [0.1, 0.15) is 11.3 Å². The van der Waals surface area contributed by atoms with E-state index in [0.29, 0.717) is 11.4 Å². The summed E-state index contributed by atoms with van der Waals surface area (Å²) in [6, 6.07) is 12.8. The average molecular weight is 380 g/mol. The molecule has 1 heterocycles. The van der Waals surface area contributed by atoms with Gasteiger partial charge in [-0.3, -0.25) is 20.0 Å². The third-order valence-electron chi connectivity index (χ3n) is 3.79. The van der Waals surface area contributed by atoms with Crippen LogP contribution in [0, 0.1) is 10.1 Å². The number of benzene rings is 2. The number of nitro groups is 1. The first-order valence-electron chi connectivity index (χ1n) is 8.05. The molecule has 0 fully saturated rings.